The van der Waals surface area contributed by atoms with Crippen molar-refractivity contribution in [2.45, 2.75) is 18.9 Å². The molecule has 0 amide bonds. The number of rotatable bonds is 7. The van der Waals surface area contributed by atoms with Crippen LogP contribution in [0.2, 0.25) is 0 Å². The number of hydrogen-bond acceptors (Lipinski definition) is 1. The summed E-state index contributed by atoms with van der Waals surface area (Å²) in [6, 6.07) is 26.0. The van der Waals surface area contributed by atoms with Gasteiger partial charge in [0.2, 0.25) is 0 Å². The fourth-order valence-corrected chi connectivity index (χ4v) is 3.25. The second kappa shape index (κ2) is 13.6. The van der Waals surface area contributed by atoms with E-state index in [2.05, 4.69) is 125 Å². The molecule has 1 aromatic heterocycles. The molecule has 0 N–H and O–H groups in total. The summed E-state index contributed by atoms with van der Waals surface area (Å²) in [5.74, 6) is 2.09. The molecule has 2 nitrogen and oxygen atoms in total. The summed E-state index contributed by atoms with van der Waals surface area (Å²) in [4.78, 5) is 2.23. The van der Waals surface area contributed by atoms with E-state index in [9.17, 15) is 0 Å². The van der Waals surface area contributed by atoms with Crippen molar-refractivity contribution in [2.24, 2.45) is 0 Å². The molecule has 2 aromatic carbocycles. The Morgan fingerprint density at radius 1 is 0.750 bits per heavy atom. The van der Waals surface area contributed by atoms with E-state index in [0.29, 0.717) is 0 Å². The maximum absolute atomic E-state index is 2.94. The average Bonchev–Trinajstić information content (AvgIpc) is 2.72. The molecule has 28 heavy (non-hydrogen) atoms. The van der Waals surface area contributed by atoms with Crippen LogP contribution < -0.4 is 21.5 Å². The fraction of sp³-hybridized carbons (Fsp3) is 0.292. The first kappa shape index (κ1) is 24.5. The number of alkyl halides is 1. The Balaban J connectivity index is 0.00000127. The number of benzene rings is 2. The summed E-state index contributed by atoms with van der Waals surface area (Å²) in [7, 11) is 4.25. The van der Waals surface area contributed by atoms with Crippen LogP contribution in [-0.2, 0) is 6.54 Å². The van der Waals surface area contributed by atoms with Gasteiger partial charge in [0.05, 0.1) is 0 Å². The van der Waals surface area contributed by atoms with E-state index in [1.807, 2.05) is 5.83 Å². The highest BCUT2D eigenvalue weighted by atomic mass is 79.9. The first-order chi connectivity index (χ1) is 13.2. The predicted octanol–water partition coefficient (Wildman–Crippen LogP) is 2.12. The molecule has 3 rings (SSSR count). The third-order valence-corrected chi connectivity index (χ3v) is 4.54. The number of hydrogen-bond donors (Lipinski definition) is 0. The van der Waals surface area contributed by atoms with Gasteiger partial charge in [0.25, 0.3) is 0 Å². The van der Waals surface area contributed by atoms with Crippen LogP contribution in [0.5, 0.6) is 0 Å². The van der Waals surface area contributed by atoms with Gasteiger partial charge in [-0.3, -0.25) is 0 Å². The Labute approximate surface area is 189 Å². The van der Waals surface area contributed by atoms with Crippen molar-refractivity contribution in [2.75, 3.05) is 26.5 Å². The van der Waals surface area contributed by atoms with Crippen LogP contribution >= 0.6 is 15.9 Å². The lowest BCUT2D eigenvalue weighted by atomic mass is 9.86. The van der Waals surface area contributed by atoms with E-state index in [1.54, 1.807) is 0 Å². The Kier molecular flexibility index (Phi) is 12.0. The van der Waals surface area contributed by atoms with E-state index in [0.717, 1.165) is 19.5 Å². The molecule has 0 atom stereocenters. The zero-order valence-corrected chi connectivity index (χ0v) is 20.1. The summed E-state index contributed by atoms with van der Waals surface area (Å²) < 4.78 is 2.28. The molecule has 0 aliphatic rings. The molecular formula is C24H30Br2N2. The highest BCUT2D eigenvalue weighted by Gasteiger charge is 2.17. The lowest BCUT2D eigenvalue weighted by Crippen LogP contribution is -3.00. The van der Waals surface area contributed by atoms with Gasteiger partial charge >= 0.3 is 0 Å². The minimum absolute atomic E-state index is 0. The molecule has 0 saturated heterocycles. The van der Waals surface area contributed by atoms with Gasteiger partial charge in [-0.05, 0) is 36.6 Å². The monoisotopic (exact) mass is 504 g/mol. The molecule has 0 spiro atoms. The van der Waals surface area contributed by atoms with Crippen LogP contribution in [0.4, 0.5) is 0 Å². The van der Waals surface area contributed by atoms with Crippen molar-refractivity contribution >= 4 is 15.9 Å². The van der Waals surface area contributed by atoms with Gasteiger partial charge in [0.1, 0.15) is 6.54 Å². The standard InChI is InChI=1S/C23H27N2.CH3Br.BrH/c1-24(2)16-9-17-25-18-14-22(15-19-25)23(20-10-5-3-6-11-20)21-12-7-4-8-13-21;1-2;/h3-8,10-15,18-19,23H,9,16-17H2,1-2H3;1H3;1H/q+1;;/p-1. The van der Waals surface area contributed by atoms with Gasteiger partial charge in [-0.2, -0.15) is 0 Å². The topological polar surface area (TPSA) is 7.12 Å². The molecule has 0 saturated carbocycles. The van der Waals surface area contributed by atoms with Crippen molar-refractivity contribution in [3.05, 3.63) is 102 Å². The summed E-state index contributed by atoms with van der Waals surface area (Å²) in [6.45, 7) is 2.17. The third-order valence-electron chi connectivity index (χ3n) is 4.54. The molecule has 0 aliphatic carbocycles. The molecule has 0 bridgehead atoms. The molecule has 4 heteroatoms. The molecule has 0 radical (unpaired) electrons. The molecule has 0 aliphatic heterocycles. The van der Waals surface area contributed by atoms with Crippen LogP contribution in [-0.4, -0.2) is 31.4 Å². The van der Waals surface area contributed by atoms with Crippen molar-refractivity contribution in [3.8, 4) is 0 Å². The Morgan fingerprint density at radius 2 is 1.18 bits per heavy atom. The zero-order chi connectivity index (χ0) is 19.5. The van der Waals surface area contributed by atoms with Gasteiger partial charge in [-0.25, -0.2) is 4.57 Å². The lowest BCUT2D eigenvalue weighted by Gasteiger charge is -2.18. The minimum atomic E-state index is 0. The Hall–Kier alpha value is -1.49. The van der Waals surface area contributed by atoms with Crippen LogP contribution in [0.15, 0.2) is 85.2 Å². The lowest BCUT2D eigenvalue weighted by molar-refractivity contribution is -0.697. The Bertz CT molecular complexity index is 720. The molecule has 150 valence electrons. The molecule has 0 unspecified atom stereocenters. The number of pyridine rings is 1. The van der Waals surface area contributed by atoms with E-state index < -0.39 is 0 Å². The first-order valence-corrected chi connectivity index (χ1v) is 10.9. The van der Waals surface area contributed by atoms with Gasteiger partial charge in [0, 0.05) is 31.0 Å². The zero-order valence-electron chi connectivity index (χ0n) is 16.9. The van der Waals surface area contributed by atoms with Gasteiger partial charge in [-0.15, -0.1) is 0 Å². The molecular weight excluding hydrogens is 476 g/mol. The normalized spacial score (nSPS) is 10.2. The Morgan fingerprint density at radius 3 is 1.61 bits per heavy atom. The molecule has 1 heterocycles. The number of halogens is 2. The van der Waals surface area contributed by atoms with Crippen molar-refractivity contribution in [3.63, 3.8) is 0 Å². The van der Waals surface area contributed by atoms with E-state index in [4.69, 9.17) is 0 Å². The average molecular weight is 506 g/mol. The fourth-order valence-electron chi connectivity index (χ4n) is 3.25. The highest BCUT2D eigenvalue weighted by molar-refractivity contribution is 9.08. The van der Waals surface area contributed by atoms with Crippen molar-refractivity contribution in [1.82, 2.24) is 4.90 Å². The number of aromatic nitrogens is 1. The predicted molar refractivity (Wildman–Crippen MR) is 118 cm³/mol. The summed E-state index contributed by atoms with van der Waals surface area (Å²) in [6.07, 6.45) is 5.59. The summed E-state index contributed by atoms with van der Waals surface area (Å²) >= 11 is 2.94. The second-order valence-electron chi connectivity index (χ2n) is 6.78. The van der Waals surface area contributed by atoms with Gasteiger partial charge < -0.3 is 21.9 Å². The minimum Gasteiger partial charge on any atom is -1.00 e. The summed E-state index contributed by atoms with van der Waals surface area (Å²) in [5.41, 5.74) is 4.00. The maximum atomic E-state index is 2.94. The number of aryl methyl sites for hydroxylation is 1. The third kappa shape index (κ3) is 7.50. The van der Waals surface area contributed by atoms with Crippen molar-refractivity contribution in [1.29, 1.82) is 0 Å². The van der Waals surface area contributed by atoms with E-state index >= 15 is 0 Å². The second-order valence-corrected chi connectivity index (χ2v) is 6.78. The maximum Gasteiger partial charge on any atom is 0.169 e. The smallest absolute Gasteiger partial charge is 0.169 e. The van der Waals surface area contributed by atoms with E-state index in [-0.39, 0.29) is 22.9 Å². The largest absolute Gasteiger partial charge is 1.00 e. The molecule has 0 fully saturated rings. The van der Waals surface area contributed by atoms with Crippen LogP contribution in [0.25, 0.3) is 0 Å². The van der Waals surface area contributed by atoms with Crippen LogP contribution in [0, 0.1) is 0 Å². The van der Waals surface area contributed by atoms with Gasteiger partial charge in [-0.1, -0.05) is 76.6 Å². The quantitative estimate of drug-likeness (QED) is 0.352. The van der Waals surface area contributed by atoms with Crippen molar-refractivity contribution < 1.29 is 21.5 Å². The number of nitrogens with zero attached hydrogens (tertiary/aromatic N) is 2. The van der Waals surface area contributed by atoms with Gasteiger partial charge in [0.15, 0.2) is 12.4 Å². The first-order valence-electron chi connectivity index (χ1n) is 9.35. The molecule has 3 aromatic rings. The van der Waals surface area contributed by atoms with Crippen LogP contribution in [0.1, 0.15) is 29.0 Å². The summed E-state index contributed by atoms with van der Waals surface area (Å²) in [5, 5.41) is 0. The van der Waals surface area contributed by atoms with Crippen LogP contribution in [0.3, 0.4) is 0 Å². The SMILES string of the molecule is CBr.CN(C)CCC[n+]1ccc(C(c2ccccc2)c2ccccc2)cc1.[Br-]. The highest BCUT2D eigenvalue weighted by Crippen LogP contribution is 2.31. The van der Waals surface area contributed by atoms with E-state index in [1.165, 1.54) is 16.7 Å².